The van der Waals surface area contributed by atoms with Crippen LogP contribution in [0.15, 0.2) is 59.7 Å². The molecule has 106 valence electrons. The summed E-state index contributed by atoms with van der Waals surface area (Å²) in [5, 5.41) is 6.62. The molecule has 0 aliphatic carbocycles. The Labute approximate surface area is 123 Å². The number of hydrogen-bond donors (Lipinski definition) is 0. The molecule has 0 bridgehead atoms. The molecule has 4 heteroatoms. The third-order valence-corrected chi connectivity index (χ3v) is 3.50. The zero-order valence-electron chi connectivity index (χ0n) is 11.8. The number of ether oxygens (including phenoxy) is 1. The lowest BCUT2D eigenvalue weighted by Crippen LogP contribution is -2.12. The van der Waals surface area contributed by atoms with Gasteiger partial charge in [0.05, 0.1) is 24.1 Å². The summed E-state index contributed by atoms with van der Waals surface area (Å²) in [7, 11) is 1.38. The van der Waals surface area contributed by atoms with Gasteiger partial charge in [0.15, 0.2) is 0 Å². The highest BCUT2D eigenvalue weighted by Gasteiger charge is 2.17. The number of hydrogen-bond acceptors (Lipinski definition) is 4. The van der Waals surface area contributed by atoms with Crippen LogP contribution in [0.5, 0.6) is 0 Å². The van der Waals surface area contributed by atoms with E-state index in [2.05, 4.69) is 17.2 Å². The van der Waals surface area contributed by atoms with Gasteiger partial charge in [0.2, 0.25) is 0 Å². The molecular weight excluding hydrogens is 264 g/mol. The van der Waals surface area contributed by atoms with E-state index in [0.717, 1.165) is 29.9 Å². The van der Waals surface area contributed by atoms with Gasteiger partial charge in [-0.1, -0.05) is 30.3 Å². The van der Waals surface area contributed by atoms with Gasteiger partial charge >= 0.3 is 5.97 Å². The van der Waals surface area contributed by atoms with E-state index < -0.39 is 0 Å². The summed E-state index contributed by atoms with van der Waals surface area (Å²) in [5.74, 6) is -0.323. The number of anilines is 1. The third-order valence-electron chi connectivity index (χ3n) is 3.50. The molecule has 2 aromatic rings. The van der Waals surface area contributed by atoms with Gasteiger partial charge in [-0.25, -0.2) is 4.79 Å². The van der Waals surface area contributed by atoms with Crippen molar-refractivity contribution in [3.8, 4) is 0 Å². The number of hydrazone groups is 1. The van der Waals surface area contributed by atoms with Crippen LogP contribution in [-0.2, 0) is 4.74 Å². The van der Waals surface area contributed by atoms with Gasteiger partial charge in [0.1, 0.15) is 0 Å². The Morgan fingerprint density at radius 3 is 2.48 bits per heavy atom. The van der Waals surface area contributed by atoms with Crippen molar-refractivity contribution < 1.29 is 9.53 Å². The molecule has 0 saturated carbocycles. The number of benzene rings is 2. The van der Waals surface area contributed by atoms with Crippen LogP contribution >= 0.6 is 0 Å². The second-order valence-corrected chi connectivity index (χ2v) is 4.82. The quantitative estimate of drug-likeness (QED) is 0.811. The molecule has 0 N–H and O–H groups in total. The van der Waals surface area contributed by atoms with E-state index in [1.54, 1.807) is 12.1 Å². The Bertz CT molecular complexity index is 663. The van der Waals surface area contributed by atoms with E-state index in [1.165, 1.54) is 7.11 Å². The first-order valence-electron chi connectivity index (χ1n) is 6.87. The monoisotopic (exact) mass is 280 g/mol. The number of methoxy groups -OCH3 is 1. The molecule has 21 heavy (non-hydrogen) atoms. The van der Waals surface area contributed by atoms with Crippen molar-refractivity contribution in [3.05, 3.63) is 65.7 Å². The minimum Gasteiger partial charge on any atom is -0.465 e. The fourth-order valence-electron chi connectivity index (χ4n) is 2.36. The Balaban J connectivity index is 1.79. The second kappa shape index (κ2) is 5.79. The largest absolute Gasteiger partial charge is 0.465 e. The van der Waals surface area contributed by atoms with Crippen molar-refractivity contribution in [1.29, 1.82) is 0 Å². The normalized spacial score (nSPS) is 14.0. The molecule has 1 heterocycles. The fourth-order valence-corrected chi connectivity index (χ4v) is 2.36. The highest BCUT2D eigenvalue weighted by atomic mass is 16.5. The topological polar surface area (TPSA) is 41.9 Å². The molecule has 2 aromatic carbocycles. The first-order chi connectivity index (χ1) is 10.3. The molecule has 0 atom stereocenters. The van der Waals surface area contributed by atoms with Crippen LogP contribution in [0.25, 0.3) is 0 Å². The van der Waals surface area contributed by atoms with Gasteiger partial charge in [-0.3, -0.25) is 5.01 Å². The lowest BCUT2D eigenvalue weighted by Gasteiger charge is -2.13. The van der Waals surface area contributed by atoms with Gasteiger partial charge in [-0.05, 0) is 29.8 Å². The molecule has 0 saturated heterocycles. The molecule has 1 aliphatic heterocycles. The minimum absolute atomic E-state index is 0.323. The average molecular weight is 280 g/mol. The van der Waals surface area contributed by atoms with E-state index in [1.807, 2.05) is 35.3 Å². The molecule has 3 rings (SSSR count). The molecule has 0 unspecified atom stereocenters. The third kappa shape index (κ3) is 2.79. The van der Waals surface area contributed by atoms with Crippen molar-refractivity contribution in [1.82, 2.24) is 0 Å². The molecule has 0 aromatic heterocycles. The Morgan fingerprint density at radius 2 is 1.81 bits per heavy atom. The van der Waals surface area contributed by atoms with Gasteiger partial charge in [0.25, 0.3) is 0 Å². The maximum atomic E-state index is 11.4. The van der Waals surface area contributed by atoms with E-state index in [-0.39, 0.29) is 5.97 Å². The van der Waals surface area contributed by atoms with Gasteiger partial charge in [0, 0.05) is 13.0 Å². The van der Waals surface area contributed by atoms with Gasteiger partial charge in [-0.15, -0.1) is 0 Å². The van der Waals surface area contributed by atoms with E-state index in [4.69, 9.17) is 4.74 Å². The van der Waals surface area contributed by atoms with Crippen LogP contribution in [0.3, 0.4) is 0 Å². The zero-order chi connectivity index (χ0) is 14.7. The minimum atomic E-state index is -0.323. The molecule has 4 nitrogen and oxygen atoms in total. The maximum absolute atomic E-state index is 11.4. The van der Waals surface area contributed by atoms with E-state index in [0.29, 0.717) is 5.56 Å². The van der Waals surface area contributed by atoms with Crippen molar-refractivity contribution in [2.75, 3.05) is 18.7 Å². The molecular formula is C17H16N2O2. The summed E-state index contributed by atoms with van der Waals surface area (Å²) >= 11 is 0. The zero-order valence-corrected chi connectivity index (χ0v) is 11.8. The second-order valence-electron chi connectivity index (χ2n) is 4.82. The summed E-state index contributed by atoms with van der Waals surface area (Å²) in [6, 6.07) is 17.5. The van der Waals surface area contributed by atoms with Crippen molar-refractivity contribution >= 4 is 17.4 Å². The summed E-state index contributed by atoms with van der Waals surface area (Å²) in [6.45, 7) is 0.849. The number of esters is 1. The molecule has 0 fully saturated rings. The summed E-state index contributed by atoms with van der Waals surface area (Å²) in [6.07, 6.45) is 0.919. The average Bonchev–Trinajstić information content (AvgIpc) is 3.05. The SMILES string of the molecule is COC(=O)c1ccc(N2CCC(c3ccccc3)=N2)cc1. The number of rotatable bonds is 3. The number of nitrogens with zero attached hydrogens (tertiary/aromatic N) is 2. The summed E-state index contributed by atoms with van der Waals surface area (Å²) in [5.41, 5.74) is 3.78. The predicted molar refractivity (Wildman–Crippen MR) is 82.7 cm³/mol. The lowest BCUT2D eigenvalue weighted by atomic mass is 10.1. The molecule has 0 amide bonds. The van der Waals surface area contributed by atoms with E-state index in [9.17, 15) is 4.79 Å². The fraction of sp³-hybridized carbons (Fsp3) is 0.176. The molecule has 0 radical (unpaired) electrons. The number of carbonyl (C=O) groups is 1. The maximum Gasteiger partial charge on any atom is 0.337 e. The van der Waals surface area contributed by atoms with Gasteiger partial charge < -0.3 is 4.74 Å². The van der Waals surface area contributed by atoms with Gasteiger partial charge in [-0.2, -0.15) is 5.10 Å². The van der Waals surface area contributed by atoms with Crippen LogP contribution < -0.4 is 5.01 Å². The van der Waals surface area contributed by atoms with Crippen molar-refractivity contribution in [3.63, 3.8) is 0 Å². The summed E-state index contributed by atoms with van der Waals surface area (Å²) < 4.78 is 4.70. The van der Waals surface area contributed by atoms with Crippen molar-refractivity contribution in [2.45, 2.75) is 6.42 Å². The lowest BCUT2D eigenvalue weighted by molar-refractivity contribution is 0.0601. The van der Waals surface area contributed by atoms with Crippen LogP contribution in [0, 0.1) is 0 Å². The molecule has 0 spiro atoms. The Morgan fingerprint density at radius 1 is 1.10 bits per heavy atom. The smallest absolute Gasteiger partial charge is 0.337 e. The van der Waals surface area contributed by atoms with Crippen molar-refractivity contribution in [2.24, 2.45) is 5.10 Å². The van der Waals surface area contributed by atoms with Crippen LogP contribution in [0.1, 0.15) is 22.3 Å². The Kier molecular flexibility index (Phi) is 3.69. The van der Waals surface area contributed by atoms with E-state index >= 15 is 0 Å². The first kappa shape index (κ1) is 13.4. The van der Waals surface area contributed by atoms with Crippen LogP contribution in [0.2, 0.25) is 0 Å². The number of carbonyl (C=O) groups excluding carboxylic acids is 1. The summed E-state index contributed by atoms with van der Waals surface area (Å²) in [4.78, 5) is 11.4. The first-order valence-corrected chi connectivity index (χ1v) is 6.87. The Hall–Kier alpha value is -2.62. The standard InChI is InChI=1S/C17H16N2O2/c1-21-17(20)14-7-9-15(10-8-14)19-12-11-16(18-19)13-5-3-2-4-6-13/h2-10H,11-12H2,1H3. The highest BCUT2D eigenvalue weighted by molar-refractivity contribution is 6.02. The van der Waals surface area contributed by atoms with Crippen LogP contribution in [0.4, 0.5) is 5.69 Å². The molecule has 1 aliphatic rings. The highest BCUT2D eigenvalue weighted by Crippen LogP contribution is 2.22. The predicted octanol–water partition coefficient (Wildman–Crippen LogP) is 3.09. The van der Waals surface area contributed by atoms with Crippen LogP contribution in [-0.4, -0.2) is 25.3 Å².